The number of ether oxygens (including phenoxy) is 1. The number of hydrogen-bond acceptors (Lipinski definition) is 6. The van der Waals surface area contributed by atoms with Crippen molar-refractivity contribution in [3.63, 3.8) is 0 Å². The second-order valence-corrected chi connectivity index (χ2v) is 2.51. The van der Waals surface area contributed by atoms with E-state index >= 15 is 0 Å². The number of methoxy groups -OCH3 is 1. The maximum absolute atomic E-state index is 10.9. The highest BCUT2D eigenvalue weighted by Gasteiger charge is 2.20. The first-order valence-corrected chi connectivity index (χ1v) is 3.69. The summed E-state index contributed by atoms with van der Waals surface area (Å²) in [4.78, 5) is 27.0. The van der Waals surface area contributed by atoms with E-state index in [1.807, 2.05) is 0 Å². The van der Waals surface area contributed by atoms with Crippen molar-refractivity contribution in [2.45, 2.75) is 0 Å². The molecule has 0 aromatic carbocycles. The maximum Gasteiger partial charge on any atom is 0.470 e. The summed E-state index contributed by atoms with van der Waals surface area (Å²) in [6.07, 6.45) is 0. The highest BCUT2D eigenvalue weighted by atomic mass is 35.5. The first-order valence-electron chi connectivity index (χ1n) is 3.32. The van der Waals surface area contributed by atoms with Gasteiger partial charge in [-0.15, -0.1) is 0 Å². The first-order chi connectivity index (χ1) is 6.54. The Labute approximate surface area is 82.8 Å². The van der Waals surface area contributed by atoms with E-state index in [4.69, 9.17) is 11.6 Å². The van der Waals surface area contributed by atoms with Gasteiger partial charge in [-0.05, 0) is 16.5 Å². The third-order valence-corrected chi connectivity index (χ3v) is 1.43. The lowest BCUT2D eigenvalue weighted by atomic mass is 10.4. The lowest BCUT2D eigenvalue weighted by Gasteiger charge is -1.95. The van der Waals surface area contributed by atoms with Crippen molar-refractivity contribution in [1.29, 1.82) is 0 Å². The van der Waals surface area contributed by atoms with Gasteiger partial charge in [-0.25, -0.2) is 4.79 Å². The SMILES string of the molecule is COC(=O)c1cc(Cl)nc([N+](=O)[O-])n1. The fraction of sp³-hybridized carbons (Fsp3) is 0.167. The number of nitrogens with zero attached hydrogens (tertiary/aromatic N) is 3. The minimum absolute atomic E-state index is 0.188. The summed E-state index contributed by atoms with van der Waals surface area (Å²) >= 11 is 5.43. The molecule has 0 saturated carbocycles. The summed E-state index contributed by atoms with van der Waals surface area (Å²) in [5, 5.41) is 10.1. The van der Waals surface area contributed by atoms with Crippen LogP contribution in [0.5, 0.6) is 0 Å². The molecule has 0 saturated heterocycles. The van der Waals surface area contributed by atoms with Crippen molar-refractivity contribution in [2.75, 3.05) is 7.11 Å². The van der Waals surface area contributed by atoms with Crippen LogP contribution in [-0.4, -0.2) is 28.0 Å². The predicted molar refractivity (Wildman–Crippen MR) is 45.0 cm³/mol. The van der Waals surface area contributed by atoms with E-state index in [0.717, 1.165) is 13.2 Å². The second-order valence-electron chi connectivity index (χ2n) is 2.12. The van der Waals surface area contributed by atoms with Gasteiger partial charge in [0, 0.05) is 6.07 Å². The molecule has 0 aliphatic carbocycles. The largest absolute Gasteiger partial charge is 0.470 e. The molecule has 7 nitrogen and oxygen atoms in total. The molecule has 0 aliphatic rings. The van der Waals surface area contributed by atoms with Gasteiger partial charge in [0.15, 0.2) is 0 Å². The number of rotatable bonds is 2. The van der Waals surface area contributed by atoms with E-state index in [-0.39, 0.29) is 10.8 Å². The average molecular weight is 218 g/mol. The summed E-state index contributed by atoms with van der Waals surface area (Å²) < 4.78 is 4.32. The molecule has 74 valence electrons. The zero-order valence-electron chi connectivity index (χ0n) is 6.93. The summed E-state index contributed by atoms with van der Waals surface area (Å²) in [7, 11) is 1.13. The van der Waals surface area contributed by atoms with Crippen LogP contribution in [0.25, 0.3) is 0 Å². The minimum atomic E-state index is -0.849. The molecule has 0 spiro atoms. The summed E-state index contributed by atoms with van der Waals surface area (Å²) in [5.74, 6) is -1.55. The van der Waals surface area contributed by atoms with Crippen LogP contribution < -0.4 is 0 Å². The number of nitro groups is 1. The first kappa shape index (κ1) is 10.3. The number of hydrogen-bond donors (Lipinski definition) is 0. The van der Waals surface area contributed by atoms with Gasteiger partial charge < -0.3 is 14.9 Å². The monoisotopic (exact) mass is 217 g/mol. The molecule has 0 unspecified atom stereocenters. The average Bonchev–Trinajstić information content (AvgIpc) is 2.15. The van der Waals surface area contributed by atoms with Gasteiger partial charge in [-0.3, -0.25) is 0 Å². The molecule has 0 atom stereocenters. The molecule has 14 heavy (non-hydrogen) atoms. The molecule has 0 fully saturated rings. The zero-order chi connectivity index (χ0) is 10.7. The standard InChI is InChI=1S/C6H4ClN3O4/c1-14-5(11)3-2-4(7)9-6(8-3)10(12)13/h2H,1H3. The van der Waals surface area contributed by atoms with Crippen LogP contribution >= 0.6 is 11.6 Å². The number of aromatic nitrogens is 2. The van der Waals surface area contributed by atoms with Gasteiger partial charge in [0.1, 0.15) is 0 Å². The van der Waals surface area contributed by atoms with E-state index in [2.05, 4.69) is 14.7 Å². The highest BCUT2D eigenvalue weighted by molar-refractivity contribution is 6.29. The third kappa shape index (κ3) is 2.13. The number of halogens is 1. The Morgan fingerprint density at radius 3 is 2.79 bits per heavy atom. The van der Waals surface area contributed by atoms with Gasteiger partial charge in [0.2, 0.25) is 10.8 Å². The van der Waals surface area contributed by atoms with Crippen LogP contribution in [0.4, 0.5) is 5.95 Å². The molecule has 0 aliphatic heterocycles. The number of carbonyl (C=O) groups excluding carboxylic acids is 1. The molecule has 1 rings (SSSR count). The maximum atomic E-state index is 10.9. The van der Waals surface area contributed by atoms with Crippen molar-refractivity contribution >= 4 is 23.5 Å². The van der Waals surface area contributed by atoms with Crippen LogP contribution in [0.2, 0.25) is 5.15 Å². The van der Waals surface area contributed by atoms with E-state index in [9.17, 15) is 14.9 Å². The second kappa shape index (κ2) is 3.97. The minimum Gasteiger partial charge on any atom is -0.463 e. The molecule has 0 N–H and O–H groups in total. The lowest BCUT2D eigenvalue weighted by Crippen LogP contribution is -2.07. The summed E-state index contributed by atoms with van der Waals surface area (Å²) in [5.41, 5.74) is -0.251. The molecule has 0 bridgehead atoms. The van der Waals surface area contributed by atoms with Crippen LogP contribution in [0.3, 0.4) is 0 Å². The third-order valence-electron chi connectivity index (χ3n) is 1.24. The Morgan fingerprint density at radius 1 is 1.64 bits per heavy atom. The topological polar surface area (TPSA) is 95.2 Å². The van der Waals surface area contributed by atoms with Crippen molar-refractivity contribution in [3.8, 4) is 0 Å². The van der Waals surface area contributed by atoms with Crippen LogP contribution in [0, 0.1) is 10.1 Å². The van der Waals surface area contributed by atoms with Gasteiger partial charge in [-0.1, -0.05) is 9.97 Å². The van der Waals surface area contributed by atoms with Crippen LogP contribution in [0.1, 0.15) is 10.5 Å². The Morgan fingerprint density at radius 2 is 2.29 bits per heavy atom. The van der Waals surface area contributed by atoms with Crippen molar-refractivity contribution in [1.82, 2.24) is 9.97 Å². The molecule has 8 heteroatoms. The van der Waals surface area contributed by atoms with E-state index in [1.54, 1.807) is 0 Å². The quantitative estimate of drug-likeness (QED) is 0.315. The highest BCUT2D eigenvalue weighted by Crippen LogP contribution is 2.12. The Bertz CT molecular complexity index is 395. The Hall–Kier alpha value is -1.76. The van der Waals surface area contributed by atoms with Gasteiger partial charge >= 0.3 is 11.9 Å². The van der Waals surface area contributed by atoms with E-state index < -0.39 is 16.8 Å². The lowest BCUT2D eigenvalue weighted by molar-refractivity contribution is -0.394. The zero-order valence-corrected chi connectivity index (χ0v) is 7.69. The summed E-state index contributed by atoms with van der Waals surface area (Å²) in [6.45, 7) is 0. The fourth-order valence-corrected chi connectivity index (χ4v) is 0.875. The van der Waals surface area contributed by atoms with Gasteiger partial charge in [-0.2, -0.15) is 0 Å². The molecule has 1 heterocycles. The molecule has 1 aromatic heterocycles. The number of carbonyl (C=O) groups is 1. The van der Waals surface area contributed by atoms with Crippen molar-refractivity contribution in [3.05, 3.63) is 27.0 Å². The molecular formula is C6H4ClN3O4. The molecule has 0 amide bonds. The Kier molecular flexibility index (Phi) is 2.92. The summed E-state index contributed by atoms with van der Waals surface area (Å²) in [6, 6.07) is 1.08. The normalized spacial score (nSPS) is 9.57. The van der Waals surface area contributed by atoms with Crippen molar-refractivity contribution < 1.29 is 14.5 Å². The van der Waals surface area contributed by atoms with Gasteiger partial charge in [0.25, 0.3) is 0 Å². The number of esters is 1. The predicted octanol–water partition coefficient (Wildman–Crippen LogP) is 0.825. The smallest absolute Gasteiger partial charge is 0.463 e. The molecule has 0 radical (unpaired) electrons. The fourth-order valence-electron chi connectivity index (χ4n) is 0.696. The van der Waals surface area contributed by atoms with E-state index in [0.29, 0.717) is 0 Å². The Balaban J connectivity index is 3.20. The molecular weight excluding hydrogens is 214 g/mol. The van der Waals surface area contributed by atoms with E-state index in [1.165, 1.54) is 0 Å². The van der Waals surface area contributed by atoms with Gasteiger partial charge in [0.05, 0.1) is 7.11 Å². The van der Waals surface area contributed by atoms with Crippen LogP contribution in [-0.2, 0) is 4.74 Å². The molecule has 1 aromatic rings. The van der Waals surface area contributed by atoms with Crippen LogP contribution in [0.15, 0.2) is 6.07 Å². The van der Waals surface area contributed by atoms with Crippen molar-refractivity contribution in [2.24, 2.45) is 0 Å².